The first-order valence-corrected chi connectivity index (χ1v) is 15.7. The van der Waals surface area contributed by atoms with Crippen molar-refractivity contribution in [3.05, 3.63) is 70.3 Å². The molecule has 3 N–H and O–H groups in total. The second-order valence-electron chi connectivity index (χ2n) is 9.77. The number of benzene rings is 2. The molecule has 0 radical (unpaired) electrons. The number of ether oxygens (including phenoxy) is 5. The number of hydrogen-bond acceptors (Lipinski definition) is 12. The van der Waals surface area contributed by atoms with Gasteiger partial charge in [0.1, 0.15) is 28.8 Å². The van der Waals surface area contributed by atoms with Gasteiger partial charge in [0, 0.05) is 19.4 Å². The van der Waals surface area contributed by atoms with E-state index in [1.807, 2.05) is 18.2 Å². The minimum absolute atomic E-state index is 0.00848. The van der Waals surface area contributed by atoms with E-state index in [-0.39, 0.29) is 67.2 Å². The summed E-state index contributed by atoms with van der Waals surface area (Å²) in [5.74, 6) is -0.921. The first kappa shape index (κ1) is 36.3. The van der Waals surface area contributed by atoms with Gasteiger partial charge in [-0.25, -0.2) is 9.79 Å². The third-order valence-electron chi connectivity index (χ3n) is 6.14. The number of Topliss-reactive ketones (excluding diaryl/α,β-unsaturated/α-hetero) is 1. The van der Waals surface area contributed by atoms with Gasteiger partial charge in [-0.1, -0.05) is 36.0 Å². The van der Waals surface area contributed by atoms with Crippen LogP contribution in [-0.2, 0) is 33.3 Å². The van der Waals surface area contributed by atoms with Crippen LogP contribution in [0.3, 0.4) is 0 Å². The molecule has 0 saturated heterocycles. The minimum Gasteiger partial charge on any atom is -0.506 e. The van der Waals surface area contributed by atoms with E-state index in [2.05, 4.69) is 10.3 Å². The first-order chi connectivity index (χ1) is 22.3. The monoisotopic (exact) mass is 656 g/mol. The fraction of sp³-hybridized carbons (Fsp3) is 0.394. The maximum absolute atomic E-state index is 12.6. The van der Waals surface area contributed by atoms with Crippen molar-refractivity contribution in [2.45, 2.75) is 26.7 Å². The zero-order chi connectivity index (χ0) is 33.1. The molecule has 1 heterocycles. The lowest BCUT2D eigenvalue weighted by Gasteiger charge is -2.10. The molecule has 0 fully saturated rings. The van der Waals surface area contributed by atoms with E-state index >= 15 is 0 Å². The van der Waals surface area contributed by atoms with Crippen LogP contribution >= 0.6 is 11.8 Å². The van der Waals surface area contributed by atoms with E-state index in [1.54, 1.807) is 37.3 Å². The van der Waals surface area contributed by atoms with Crippen LogP contribution in [0.2, 0.25) is 0 Å². The standard InChI is InChI=1S/C33H40N2O10S/c1-3-44-33(40)30-31(39)28(46-32(30)35-25-7-5-4-6-8-25)22-24-10-11-27(26(37)21-24)45-20-19-43-18-17-42-16-15-41-14-13-34-29(38)12-9-23(2)36/h4-8,10-11,21-22,37,39H,3,9,12-20H2,1-2H3,(H,34,38)/b28-22-,35-32?. The topological polar surface area (TPSA) is 162 Å². The summed E-state index contributed by atoms with van der Waals surface area (Å²) in [4.78, 5) is 39.9. The molecule has 248 valence electrons. The number of amides is 1. The molecule has 3 rings (SSSR count). The van der Waals surface area contributed by atoms with Crippen molar-refractivity contribution >= 4 is 46.2 Å². The summed E-state index contributed by atoms with van der Waals surface area (Å²) in [5, 5.41) is 24.4. The molecule has 0 unspecified atom stereocenters. The van der Waals surface area contributed by atoms with Gasteiger partial charge in [0.25, 0.3) is 0 Å². The van der Waals surface area contributed by atoms with Gasteiger partial charge in [-0.05, 0) is 49.8 Å². The van der Waals surface area contributed by atoms with Crippen LogP contribution in [0.15, 0.2) is 69.8 Å². The Labute approximate surface area is 272 Å². The van der Waals surface area contributed by atoms with Gasteiger partial charge in [-0.3, -0.25) is 4.79 Å². The molecule has 0 aliphatic carbocycles. The lowest BCUT2D eigenvalue weighted by atomic mass is 10.1. The Morgan fingerprint density at radius 3 is 2.22 bits per heavy atom. The van der Waals surface area contributed by atoms with Crippen molar-refractivity contribution in [1.82, 2.24) is 5.32 Å². The molecule has 0 saturated carbocycles. The Kier molecular flexibility index (Phi) is 15.8. The minimum atomic E-state index is -0.668. The maximum Gasteiger partial charge on any atom is 0.344 e. The summed E-state index contributed by atoms with van der Waals surface area (Å²) in [6, 6.07) is 13.9. The zero-order valence-electron chi connectivity index (χ0n) is 26.0. The summed E-state index contributed by atoms with van der Waals surface area (Å²) < 4.78 is 27.1. The highest BCUT2D eigenvalue weighted by Gasteiger charge is 2.33. The van der Waals surface area contributed by atoms with Crippen LogP contribution in [0.5, 0.6) is 11.5 Å². The predicted octanol–water partition coefficient (Wildman–Crippen LogP) is 4.50. The number of phenols is 1. The lowest BCUT2D eigenvalue weighted by molar-refractivity contribution is -0.138. The molecule has 1 aliphatic heterocycles. The van der Waals surface area contributed by atoms with Gasteiger partial charge >= 0.3 is 5.97 Å². The Hall–Kier alpha value is -4.17. The Morgan fingerprint density at radius 1 is 0.891 bits per heavy atom. The number of aliphatic hydroxyl groups is 1. The molecule has 12 nitrogen and oxygen atoms in total. The molecule has 0 aromatic heterocycles. The molecular weight excluding hydrogens is 616 g/mol. The maximum atomic E-state index is 12.6. The number of aliphatic imine (C=N–C) groups is 1. The van der Waals surface area contributed by atoms with E-state index in [4.69, 9.17) is 23.7 Å². The number of carbonyl (C=O) groups is 3. The predicted molar refractivity (Wildman–Crippen MR) is 174 cm³/mol. The Bertz CT molecular complexity index is 1410. The number of nitrogens with one attached hydrogen (secondary N) is 1. The fourth-order valence-corrected chi connectivity index (χ4v) is 4.94. The van der Waals surface area contributed by atoms with Gasteiger partial charge in [0.2, 0.25) is 5.91 Å². The number of ketones is 1. The van der Waals surface area contributed by atoms with Gasteiger partial charge in [-0.15, -0.1) is 0 Å². The van der Waals surface area contributed by atoms with Crippen molar-refractivity contribution in [2.24, 2.45) is 4.99 Å². The second kappa shape index (κ2) is 20.1. The van der Waals surface area contributed by atoms with Gasteiger partial charge < -0.3 is 44.0 Å². The normalized spacial score (nSPS) is 14.6. The van der Waals surface area contributed by atoms with E-state index in [0.717, 1.165) is 11.8 Å². The quantitative estimate of drug-likeness (QED) is 0.136. The molecule has 2 aromatic rings. The number of nitrogens with zero attached hydrogens (tertiary/aromatic N) is 1. The van der Waals surface area contributed by atoms with Gasteiger partial charge in [0.15, 0.2) is 11.5 Å². The third-order valence-corrected chi connectivity index (χ3v) is 7.16. The molecule has 2 aromatic carbocycles. The average molecular weight is 657 g/mol. The van der Waals surface area contributed by atoms with Gasteiger partial charge in [-0.2, -0.15) is 0 Å². The molecule has 13 heteroatoms. The second-order valence-corrected chi connectivity index (χ2v) is 10.8. The fourth-order valence-electron chi connectivity index (χ4n) is 3.90. The summed E-state index contributed by atoms with van der Waals surface area (Å²) in [6.07, 6.45) is 2.07. The highest BCUT2D eigenvalue weighted by atomic mass is 32.2. The van der Waals surface area contributed by atoms with Crippen molar-refractivity contribution in [3.8, 4) is 11.5 Å². The molecule has 0 spiro atoms. The highest BCUT2D eigenvalue weighted by molar-refractivity contribution is 8.18. The van der Waals surface area contributed by atoms with E-state index in [0.29, 0.717) is 60.8 Å². The van der Waals surface area contributed by atoms with E-state index in [1.165, 1.54) is 13.0 Å². The number of rotatable bonds is 20. The van der Waals surface area contributed by atoms with E-state index in [9.17, 15) is 24.6 Å². The lowest BCUT2D eigenvalue weighted by Crippen LogP contribution is -2.27. The van der Waals surface area contributed by atoms with Crippen LogP contribution < -0.4 is 10.1 Å². The molecule has 1 aliphatic rings. The Balaban J connectivity index is 1.37. The van der Waals surface area contributed by atoms with Crippen LogP contribution in [0, 0.1) is 0 Å². The van der Waals surface area contributed by atoms with Crippen molar-refractivity contribution in [1.29, 1.82) is 0 Å². The molecule has 1 amide bonds. The van der Waals surface area contributed by atoms with Crippen molar-refractivity contribution in [2.75, 3.05) is 59.4 Å². The number of aromatic hydroxyl groups is 1. The molecule has 0 atom stereocenters. The van der Waals surface area contributed by atoms with Crippen LogP contribution in [0.1, 0.15) is 32.3 Å². The van der Waals surface area contributed by atoms with Crippen molar-refractivity contribution in [3.63, 3.8) is 0 Å². The number of esters is 1. The average Bonchev–Trinajstić information content (AvgIpc) is 3.33. The number of phenolic OH excluding ortho intramolecular Hbond substituents is 1. The van der Waals surface area contributed by atoms with Gasteiger partial charge in [0.05, 0.1) is 56.8 Å². The molecule has 0 bridgehead atoms. The van der Waals surface area contributed by atoms with Crippen molar-refractivity contribution < 1.29 is 48.3 Å². The number of thioether (sulfide) groups is 1. The Morgan fingerprint density at radius 2 is 1.57 bits per heavy atom. The number of aliphatic hydroxyl groups excluding tert-OH is 1. The zero-order valence-corrected chi connectivity index (χ0v) is 26.8. The number of hydrogen-bond donors (Lipinski definition) is 3. The van der Waals surface area contributed by atoms with Crippen LogP contribution in [0.25, 0.3) is 6.08 Å². The SMILES string of the molecule is CCOC(=O)C1=C(O)/C(=C/c2ccc(OCCOCCOCCOCCNC(=O)CCC(C)=O)c(O)c2)SC1=Nc1ccccc1. The summed E-state index contributed by atoms with van der Waals surface area (Å²) in [6.45, 7) is 5.99. The summed E-state index contributed by atoms with van der Waals surface area (Å²) in [5.41, 5.74) is 1.20. The molecule has 46 heavy (non-hydrogen) atoms. The highest BCUT2D eigenvalue weighted by Crippen LogP contribution is 2.41. The largest absolute Gasteiger partial charge is 0.506 e. The number of carbonyl (C=O) groups excluding carboxylic acids is 3. The van der Waals surface area contributed by atoms with Crippen LogP contribution in [-0.4, -0.2) is 92.3 Å². The summed E-state index contributed by atoms with van der Waals surface area (Å²) >= 11 is 1.13. The third kappa shape index (κ3) is 12.7. The first-order valence-electron chi connectivity index (χ1n) is 14.9. The number of para-hydroxylation sites is 1. The van der Waals surface area contributed by atoms with Crippen LogP contribution in [0.4, 0.5) is 5.69 Å². The smallest absolute Gasteiger partial charge is 0.344 e. The van der Waals surface area contributed by atoms with E-state index < -0.39 is 5.97 Å². The molecular formula is C33H40N2O10S. The summed E-state index contributed by atoms with van der Waals surface area (Å²) in [7, 11) is 0.